The van der Waals surface area contributed by atoms with E-state index in [-0.39, 0.29) is 0 Å². The van der Waals surface area contributed by atoms with Crippen molar-refractivity contribution in [2.45, 2.75) is 53.5 Å². The van der Waals surface area contributed by atoms with Crippen molar-refractivity contribution < 1.29 is 0 Å². The van der Waals surface area contributed by atoms with Crippen LogP contribution >= 0.6 is 0 Å². The van der Waals surface area contributed by atoms with Gasteiger partial charge < -0.3 is 4.57 Å². The van der Waals surface area contributed by atoms with Crippen LogP contribution in [0.25, 0.3) is 23.8 Å². The predicted molar refractivity (Wildman–Crippen MR) is 98.2 cm³/mol. The fraction of sp³-hybridized carbons (Fsp3) is 0.400. The molecule has 0 saturated carbocycles. The quantitative estimate of drug-likeness (QED) is 0.600. The average Bonchev–Trinajstić information content (AvgIpc) is 2.82. The van der Waals surface area contributed by atoms with Gasteiger partial charge in [-0.2, -0.15) is 0 Å². The van der Waals surface area contributed by atoms with E-state index in [0.717, 1.165) is 19.4 Å². The van der Waals surface area contributed by atoms with Crippen LogP contribution in [0.2, 0.25) is 0 Å². The van der Waals surface area contributed by atoms with Gasteiger partial charge in [-0.05, 0) is 37.8 Å². The summed E-state index contributed by atoms with van der Waals surface area (Å²) < 4.78 is 2.38. The maximum Gasteiger partial charge on any atom is 0.0517 e. The van der Waals surface area contributed by atoms with Gasteiger partial charge >= 0.3 is 0 Å². The van der Waals surface area contributed by atoms with E-state index in [4.69, 9.17) is 0 Å². The first kappa shape index (κ1) is 17.3. The molecule has 2 heterocycles. The molecular weight excluding hydrogens is 254 g/mol. The molecule has 0 bridgehead atoms. The number of rotatable bonds is 4. The minimum absolute atomic E-state index is 1.05. The largest absolute Gasteiger partial charge is 0.340 e. The van der Waals surface area contributed by atoms with E-state index in [1.165, 1.54) is 34.5 Å². The molecule has 0 spiro atoms. The van der Waals surface area contributed by atoms with Crippen LogP contribution in [0.5, 0.6) is 0 Å². The Kier molecular flexibility index (Phi) is 7.01. The van der Waals surface area contributed by atoms with Crippen LogP contribution in [-0.4, -0.2) is 4.57 Å². The Balaban J connectivity index is 0.00000106. The van der Waals surface area contributed by atoms with Gasteiger partial charge in [-0.15, -0.1) is 0 Å². The topological polar surface area (TPSA) is 4.93 Å². The van der Waals surface area contributed by atoms with E-state index < -0.39 is 0 Å². The number of hydrogen-bond donors (Lipinski definition) is 0. The Labute approximate surface area is 130 Å². The summed E-state index contributed by atoms with van der Waals surface area (Å²) in [6, 6.07) is 0. The molecular formula is C20H29N. The van der Waals surface area contributed by atoms with E-state index in [2.05, 4.69) is 55.9 Å². The van der Waals surface area contributed by atoms with Gasteiger partial charge in [-0.3, -0.25) is 0 Å². The zero-order chi connectivity index (χ0) is 15.8. The third-order valence-corrected chi connectivity index (χ3v) is 3.62. The summed E-state index contributed by atoms with van der Waals surface area (Å²) in [5.74, 6) is 0. The van der Waals surface area contributed by atoms with Gasteiger partial charge in [-0.25, -0.2) is 0 Å². The monoisotopic (exact) mass is 283 g/mol. The second-order valence-corrected chi connectivity index (χ2v) is 4.93. The van der Waals surface area contributed by atoms with Gasteiger partial charge in [-0.1, -0.05) is 58.2 Å². The highest BCUT2D eigenvalue weighted by Gasteiger charge is 2.22. The van der Waals surface area contributed by atoms with Crippen LogP contribution < -0.4 is 0 Å². The molecule has 1 aromatic heterocycles. The summed E-state index contributed by atoms with van der Waals surface area (Å²) in [7, 11) is 0. The Morgan fingerprint density at radius 1 is 1.19 bits per heavy atom. The smallest absolute Gasteiger partial charge is 0.0517 e. The Bertz CT molecular complexity index is 553. The summed E-state index contributed by atoms with van der Waals surface area (Å²) in [6.45, 7) is 17.5. The van der Waals surface area contributed by atoms with Gasteiger partial charge in [0.25, 0.3) is 0 Å². The number of nitrogens with zero attached hydrogens (tertiary/aromatic N) is 1. The molecule has 0 N–H and O–H groups in total. The van der Waals surface area contributed by atoms with Crippen molar-refractivity contribution in [3.05, 3.63) is 47.8 Å². The van der Waals surface area contributed by atoms with Crippen molar-refractivity contribution in [3.63, 3.8) is 0 Å². The molecule has 21 heavy (non-hydrogen) atoms. The molecule has 1 aliphatic rings. The second-order valence-electron chi connectivity index (χ2n) is 4.93. The molecule has 0 radical (unpaired) electrons. The van der Waals surface area contributed by atoms with E-state index in [1.54, 1.807) is 0 Å². The van der Waals surface area contributed by atoms with Crippen molar-refractivity contribution in [2.24, 2.45) is 0 Å². The van der Waals surface area contributed by atoms with E-state index in [0.29, 0.717) is 0 Å². The van der Waals surface area contributed by atoms with Crippen molar-refractivity contribution in [1.29, 1.82) is 0 Å². The number of hydrogen-bond acceptors (Lipinski definition) is 0. The summed E-state index contributed by atoms with van der Waals surface area (Å²) in [4.78, 5) is 0. The van der Waals surface area contributed by atoms with Crippen molar-refractivity contribution >= 4 is 23.8 Å². The van der Waals surface area contributed by atoms with E-state index in [9.17, 15) is 0 Å². The van der Waals surface area contributed by atoms with Gasteiger partial charge in [0, 0.05) is 23.4 Å². The third-order valence-electron chi connectivity index (χ3n) is 3.62. The van der Waals surface area contributed by atoms with Crippen LogP contribution in [0.1, 0.15) is 69.5 Å². The first-order valence-corrected chi connectivity index (χ1v) is 8.10. The number of fused-ring (bicyclic) bond motifs is 1. The Morgan fingerprint density at radius 2 is 1.90 bits per heavy atom. The summed E-state index contributed by atoms with van der Waals surface area (Å²) >= 11 is 0. The molecule has 114 valence electrons. The fourth-order valence-electron chi connectivity index (χ4n) is 2.83. The molecule has 0 aliphatic carbocycles. The first-order valence-electron chi connectivity index (χ1n) is 8.10. The average molecular weight is 283 g/mol. The van der Waals surface area contributed by atoms with Crippen LogP contribution in [-0.2, 0) is 6.54 Å². The van der Waals surface area contributed by atoms with Crippen LogP contribution in [0.15, 0.2) is 25.3 Å². The zero-order valence-electron chi connectivity index (χ0n) is 14.1. The number of aromatic nitrogens is 1. The molecule has 0 atom stereocenters. The maximum atomic E-state index is 4.25. The molecule has 1 aromatic rings. The fourth-order valence-corrected chi connectivity index (χ4v) is 2.83. The maximum absolute atomic E-state index is 4.25. The lowest BCUT2D eigenvalue weighted by Crippen LogP contribution is -2.10. The first-order chi connectivity index (χ1) is 10.2. The molecule has 1 aliphatic heterocycles. The summed E-state index contributed by atoms with van der Waals surface area (Å²) in [6.07, 6.45) is 14.0. The zero-order valence-corrected chi connectivity index (χ0v) is 14.1. The lowest BCUT2D eigenvalue weighted by Gasteiger charge is -2.19. The van der Waals surface area contributed by atoms with Gasteiger partial charge in [0.05, 0.1) is 5.69 Å². The molecule has 1 heteroatoms. The highest BCUT2D eigenvalue weighted by atomic mass is 15.0. The van der Waals surface area contributed by atoms with Gasteiger partial charge in [0.2, 0.25) is 0 Å². The Hall–Kier alpha value is -1.76. The summed E-state index contributed by atoms with van der Waals surface area (Å²) in [5, 5.41) is 0. The lowest BCUT2D eigenvalue weighted by molar-refractivity contribution is 0.616. The van der Waals surface area contributed by atoms with Crippen LogP contribution in [0.4, 0.5) is 0 Å². The lowest BCUT2D eigenvalue weighted by atomic mass is 9.99. The van der Waals surface area contributed by atoms with Crippen molar-refractivity contribution in [1.82, 2.24) is 4.57 Å². The van der Waals surface area contributed by atoms with E-state index in [1.807, 2.05) is 19.9 Å². The number of allylic oxidation sites excluding steroid dienone is 3. The molecule has 0 fully saturated rings. The van der Waals surface area contributed by atoms with Gasteiger partial charge in [0.1, 0.15) is 0 Å². The highest BCUT2D eigenvalue weighted by molar-refractivity contribution is 5.83. The minimum Gasteiger partial charge on any atom is -0.340 e. The molecule has 0 saturated heterocycles. The third kappa shape index (κ3) is 3.47. The predicted octanol–water partition coefficient (Wildman–Crippen LogP) is 6.42. The SMILES string of the molecule is C=Cc1c(/C=C\CC)c(/C=C\C)c2n1CCCC2=C.CC. The van der Waals surface area contributed by atoms with Gasteiger partial charge in [0.15, 0.2) is 0 Å². The minimum atomic E-state index is 1.05. The molecule has 0 amide bonds. The molecule has 2 rings (SSSR count). The molecule has 0 aromatic carbocycles. The highest BCUT2D eigenvalue weighted by Crippen LogP contribution is 2.36. The van der Waals surface area contributed by atoms with Crippen LogP contribution in [0.3, 0.4) is 0 Å². The molecule has 1 nitrogen and oxygen atoms in total. The molecule has 0 unspecified atom stereocenters. The second kappa shape index (κ2) is 8.51. The van der Waals surface area contributed by atoms with Crippen molar-refractivity contribution in [2.75, 3.05) is 0 Å². The van der Waals surface area contributed by atoms with Crippen molar-refractivity contribution in [3.8, 4) is 0 Å². The normalized spacial score (nSPS) is 14.2. The summed E-state index contributed by atoms with van der Waals surface area (Å²) in [5.41, 5.74) is 6.36. The van der Waals surface area contributed by atoms with E-state index >= 15 is 0 Å². The standard InChI is InChI=1S/C18H23N.C2H6/c1-5-8-12-15-16(10-6-2)18-14(4)11-9-13-19(18)17(15)7-3;1-2/h6-8,10,12H,3-5,9,11,13H2,1-2H3;1-2H3/b10-6-,12-8-;. The Morgan fingerprint density at radius 3 is 2.48 bits per heavy atom. The van der Waals surface area contributed by atoms with Crippen LogP contribution in [0, 0.1) is 0 Å².